The number of ether oxygens (including phenoxy) is 4. The Bertz CT molecular complexity index is 1250. The number of aryl methyl sites for hydroxylation is 1. The molecule has 8 nitrogen and oxygen atoms in total. The predicted octanol–water partition coefficient (Wildman–Crippen LogP) is 11.1. The molecule has 0 saturated carbocycles. The Hall–Kier alpha value is -2.10. The number of carbonyl (C=O) groups excluding carboxylic acids is 1. The summed E-state index contributed by atoms with van der Waals surface area (Å²) in [5.74, 6) is -0.607. The highest BCUT2D eigenvalue weighted by atomic mass is 35.5. The molecule has 2 saturated heterocycles. The molecule has 1 aromatic heterocycles. The van der Waals surface area contributed by atoms with Gasteiger partial charge in [-0.2, -0.15) is 0 Å². The predicted molar refractivity (Wildman–Crippen MR) is 217 cm³/mol. The number of aliphatic carboxylic acids is 1. The summed E-state index contributed by atoms with van der Waals surface area (Å²) in [6.45, 7) is 35.6. The zero-order valence-electron chi connectivity index (χ0n) is 36.1. The van der Waals surface area contributed by atoms with Crippen molar-refractivity contribution in [1.29, 1.82) is 0 Å². The van der Waals surface area contributed by atoms with Gasteiger partial charge in [-0.15, -0.1) is 0 Å². The molecule has 304 valence electrons. The molecule has 6 atom stereocenters. The fourth-order valence-corrected chi connectivity index (χ4v) is 6.20. The zero-order valence-corrected chi connectivity index (χ0v) is 36.9. The first-order valence-electron chi connectivity index (χ1n) is 19.5. The quantitative estimate of drug-likeness (QED) is 0.166. The van der Waals surface area contributed by atoms with Crippen LogP contribution in [-0.2, 0) is 39.4 Å². The van der Waals surface area contributed by atoms with Crippen molar-refractivity contribution in [2.45, 2.75) is 190 Å². The van der Waals surface area contributed by atoms with E-state index < -0.39 is 17.5 Å². The molecule has 0 aliphatic carbocycles. The summed E-state index contributed by atoms with van der Waals surface area (Å²) in [5, 5.41) is 8.56. The summed E-state index contributed by atoms with van der Waals surface area (Å²) in [6.07, 6.45) is 9.82. The summed E-state index contributed by atoms with van der Waals surface area (Å²) in [4.78, 5) is 26.8. The Labute approximate surface area is 327 Å². The van der Waals surface area contributed by atoms with Crippen molar-refractivity contribution >= 4 is 22.8 Å². The molecule has 9 heteroatoms. The first-order valence-corrected chi connectivity index (χ1v) is 19.8. The van der Waals surface area contributed by atoms with Crippen molar-refractivity contribution in [3.05, 3.63) is 53.4 Å². The monoisotopic (exact) mass is 764 g/mol. The van der Waals surface area contributed by atoms with Crippen LogP contribution in [0.15, 0.2) is 36.4 Å². The minimum atomic E-state index is -0.852. The van der Waals surface area contributed by atoms with Gasteiger partial charge in [-0.3, -0.25) is 14.6 Å². The smallest absolute Gasteiger partial charge is 0.306 e. The average molecular weight is 765 g/mol. The Kier molecular flexibility index (Phi) is 19.1. The Balaban J connectivity index is 0.000000401. The lowest BCUT2D eigenvalue weighted by Gasteiger charge is -2.24. The normalized spacial score (nSPS) is 23.8. The number of carboxylic acids is 1. The van der Waals surface area contributed by atoms with Crippen molar-refractivity contribution in [1.82, 2.24) is 4.98 Å². The van der Waals surface area contributed by atoms with E-state index in [4.69, 9.17) is 40.6 Å². The molecular formula is C44H74ClNO7. The lowest BCUT2D eigenvalue weighted by Crippen LogP contribution is -2.30. The van der Waals surface area contributed by atoms with Gasteiger partial charge in [0.05, 0.1) is 37.3 Å². The molecule has 2 fully saturated rings. The van der Waals surface area contributed by atoms with E-state index in [1.807, 2.05) is 34.6 Å². The van der Waals surface area contributed by atoms with Crippen molar-refractivity contribution in [2.24, 2.45) is 23.7 Å². The van der Waals surface area contributed by atoms with E-state index in [1.54, 1.807) is 0 Å². The summed E-state index contributed by atoms with van der Waals surface area (Å²) in [6, 6.07) is 4.38. The van der Waals surface area contributed by atoms with E-state index in [0.717, 1.165) is 12.8 Å². The molecule has 2 unspecified atom stereocenters. The van der Waals surface area contributed by atoms with E-state index in [0.29, 0.717) is 11.8 Å². The second kappa shape index (κ2) is 20.7. The third-order valence-electron chi connectivity index (χ3n) is 8.82. The molecule has 2 aliphatic rings. The van der Waals surface area contributed by atoms with Gasteiger partial charge in [0.2, 0.25) is 5.24 Å². The fraction of sp³-hybridized carbons (Fsp3) is 0.750. The average Bonchev–Trinajstić information content (AvgIpc) is 3.44. The highest BCUT2D eigenvalue weighted by Gasteiger charge is 2.45. The number of rotatable bonds is 12. The third kappa shape index (κ3) is 18.9. The van der Waals surface area contributed by atoms with Gasteiger partial charge in [0.1, 0.15) is 0 Å². The number of pyridine rings is 1. The van der Waals surface area contributed by atoms with E-state index in [-0.39, 0.29) is 65.2 Å². The maximum absolute atomic E-state index is 11.1. The summed E-state index contributed by atoms with van der Waals surface area (Å²) in [7, 11) is 0. The van der Waals surface area contributed by atoms with Crippen molar-refractivity contribution < 1.29 is 33.6 Å². The van der Waals surface area contributed by atoms with Gasteiger partial charge >= 0.3 is 5.97 Å². The molecule has 1 aromatic rings. The number of halogens is 1. The largest absolute Gasteiger partial charge is 0.481 e. The lowest BCUT2D eigenvalue weighted by atomic mass is 9.87. The number of nitrogens with zero attached hydrogens (tertiary/aromatic N) is 1. The van der Waals surface area contributed by atoms with Crippen LogP contribution in [0.25, 0.3) is 0 Å². The van der Waals surface area contributed by atoms with Crippen LogP contribution in [-0.4, -0.2) is 57.3 Å². The number of aromatic nitrogens is 1. The highest BCUT2D eigenvalue weighted by molar-refractivity contribution is 6.63. The molecule has 3 rings (SSSR count). The molecular weight excluding hydrogens is 690 g/mol. The number of carbonyl (C=O) groups is 2. The Morgan fingerprint density at radius 1 is 0.736 bits per heavy atom. The van der Waals surface area contributed by atoms with Crippen LogP contribution in [0.2, 0.25) is 0 Å². The standard InChI is InChI=1S/C15H25ClO3.C15H26O4.C14H23N/c2*1-10(2)7-6-8-11(3)14-12(9-13(16)17)18-15(4,5)19-14;1-10-8-11(13(2,3)4)15-12(9-10)14(5,6)7/h6,8,10-12,14H,7,9H2,1-5H3;6,8,10-12,14H,7,9H2,1-5H3,(H,16,17);8-9H,1-7H3/b2*8-6-;/t2*11?,12-,14+;/m00./s1. The van der Waals surface area contributed by atoms with Crippen LogP contribution >= 0.6 is 11.6 Å². The Morgan fingerprint density at radius 2 is 1.09 bits per heavy atom. The first-order chi connectivity index (χ1) is 24.0. The van der Waals surface area contributed by atoms with Crippen LogP contribution in [0.1, 0.15) is 153 Å². The van der Waals surface area contributed by atoms with Crippen LogP contribution in [0.4, 0.5) is 0 Å². The second-order valence-corrected chi connectivity index (χ2v) is 19.1. The van der Waals surface area contributed by atoms with Gasteiger partial charge in [0.25, 0.3) is 0 Å². The molecule has 2 aliphatic heterocycles. The molecule has 0 aromatic carbocycles. The fourth-order valence-electron chi connectivity index (χ4n) is 6.05. The number of allylic oxidation sites excluding steroid dienone is 2. The molecule has 0 bridgehead atoms. The Morgan fingerprint density at radius 3 is 1.40 bits per heavy atom. The SMILES string of the molecule is CC(C)C/C=C\C(C)[C@H]1OC(C)(C)O[C@H]1CC(=O)Cl.CC(C)C/C=C\C(C)[C@H]1OC(C)(C)O[C@H]1CC(=O)O.Cc1cc(C(C)(C)C)nc(C(C)(C)C)c1. The van der Waals surface area contributed by atoms with Gasteiger partial charge < -0.3 is 24.1 Å². The minimum Gasteiger partial charge on any atom is -0.481 e. The number of hydrogen-bond donors (Lipinski definition) is 1. The van der Waals surface area contributed by atoms with E-state index in [2.05, 4.69) is 120 Å². The second-order valence-electron chi connectivity index (χ2n) is 18.7. The van der Waals surface area contributed by atoms with Gasteiger partial charge in [-0.05, 0) is 88.6 Å². The number of hydrogen-bond acceptors (Lipinski definition) is 7. The molecule has 0 spiro atoms. The summed E-state index contributed by atoms with van der Waals surface area (Å²) < 4.78 is 23.2. The summed E-state index contributed by atoms with van der Waals surface area (Å²) in [5.41, 5.74) is 3.94. The van der Waals surface area contributed by atoms with Gasteiger partial charge in [0.15, 0.2) is 11.6 Å². The molecule has 1 N–H and O–H groups in total. The van der Waals surface area contributed by atoms with E-state index >= 15 is 0 Å². The zero-order chi connectivity index (χ0) is 41.1. The topological polar surface area (TPSA) is 104 Å². The summed E-state index contributed by atoms with van der Waals surface area (Å²) >= 11 is 5.47. The van der Waals surface area contributed by atoms with Crippen LogP contribution in [0.3, 0.4) is 0 Å². The van der Waals surface area contributed by atoms with Crippen LogP contribution < -0.4 is 0 Å². The van der Waals surface area contributed by atoms with E-state index in [9.17, 15) is 9.59 Å². The van der Waals surface area contributed by atoms with Crippen molar-refractivity contribution in [3.8, 4) is 0 Å². The lowest BCUT2D eigenvalue weighted by molar-refractivity contribution is -0.154. The third-order valence-corrected chi connectivity index (χ3v) is 8.97. The minimum absolute atomic E-state index is 0.0174. The molecule has 53 heavy (non-hydrogen) atoms. The van der Waals surface area contributed by atoms with E-state index in [1.165, 1.54) is 17.0 Å². The first kappa shape index (κ1) is 48.9. The number of carboxylic acid groups (broad SMARTS) is 1. The van der Waals surface area contributed by atoms with Crippen LogP contribution in [0, 0.1) is 30.6 Å². The molecule has 3 heterocycles. The van der Waals surface area contributed by atoms with Gasteiger partial charge in [-0.25, -0.2) is 0 Å². The van der Waals surface area contributed by atoms with Crippen LogP contribution in [0.5, 0.6) is 0 Å². The molecule has 0 radical (unpaired) electrons. The maximum atomic E-state index is 11.1. The van der Waals surface area contributed by atoms with Crippen molar-refractivity contribution in [3.63, 3.8) is 0 Å². The van der Waals surface area contributed by atoms with Gasteiger partial charge in [0, 0.05) is 34.1 Å². The highest BCUT2D eigenvalue weighted by Crippen LogP contribution is 2.36. The van der Waals surface area contributed by atoms with Crippen molar-refractivity contribution in [2.75, 3.05) is 0 Å². The van der Waals surface area contributed by atoms with Gasteiger partial charge in [-0.1, -0.05) is 107 Å². The maximum Gasteiger partial charge on any atom is 0.306 e. The molecule has 0 amide bonds.